The lowest BCUT2D eigenvalue weighted by Crippen LogP contribution is -2.47. The Hall–Kier alpha value is -1.46. The van der Waals surface area contributed by atoms with E-state index in [4.69, 9.17) is 4.42 Å². The highest BCUT2D eigenvalue weighted by Crippen LogP contribution is 2.37. The molecule has 0 aliphatic heterocycles. The summed E-state index contributed by atoms with van der Waals surface area (Å²) in [6.07, 6.45) is -1.88. The number of rotatable bonds is 4. The Labute approximate surface area is 121 Å². The van der Waals surface area contributed by atoms with Crippen molar-refractivity contribution in [1.29, 1.82) is 0 Å². The molecular formula is C15H20F3NO2. The number of alkyl halides is 3. The summed E-state index contributed by atoms with van der Waals surface area (Å²) < 4.78 is 44.1. The average Bonchev–Trinajstić information content (AvgIpc) is 2.82. The van der Waals surface area contributed by atoms with Crippen molar-refractivity contribution in [3.05, 3.63) is 23.7 Å². The summed E-state index contributed by atoms with van der Waals surface area (Å²) in [6, 6.07) is 2.79. The zero-order chi connectivity index (χ0) is 15.5. The van der Waals surface area contributed by atoms with E-state index in [0.29, 0.717) is 25.0 Å². The second-order valence-electron chi connectivity index (χ2n) is 5.62. The molecule has 1 saturated carbocycles. The van der Waals surface area contributed by atoms with Gasteiger partial charge in [-0.05, 0) is 31.9 Å². The van der Waals surface area contributed by atoms with Crippen LogP contribution >= 0.6 is 0 Å². The Morgan fingerprint density at radius 1 is 1.33 bits per heavy atom. The van der Waals surface area contributed by atoms with Gasteiger partial charge in [0.1, 0.15) is 11.5 Å². The third kappa shape index (κ3) is 4.51. The topological polar surface area (TPSA) is 42.2 Å². The first-order chi connectivity index (χ1) is 9.86. The molecule has 1 N–H and O–H groups in total. The number of halogens is 3. The van der Waals surface area contributed by atoms with Gasteiger partial charge in [0, 0.05) is 18.9 Å². The van der Waals surface area contributed by atoms with Crippen LogP contribution in [0.3, 0.4) is 0 Å². The number of hydrogen-bond donors (Lipinski definition) is 1. The molecule has 1 aliphatic carbocycles. The molecule has 0 spiro atoms. The quantitative estimate of drug-likeness (QED) is 0.920. The van der Waals surface area contributed by atoms with E-state index in [1.54, 1.807) is 19.1 Å². The lowest BCUT2D eigenvalue weighted by Gasteiger charge is -2.33. The third-order valence-electron chi connectivity index (χ3n) is 3.93. The van der Waals surface area contributed by atoms with Gasteiger partial charge < -0.3 is 9.73 Å². The van der Waals surface area contributed by atoms with Crippen molar-refractivity contribution in [1.82, 2.24) is 5.32 Å². The molecule has 1 aromatic rings. The first-order valence-corrected chi connectivity index (χ1v) is 7.27. The van der Waals surface area contributed by atoms with E-state index in [0.717, 1.165) is 12.2 Å². The number of amides is 1. The molecule has 118 valence electrons. The molecule has 21 heavy (non-hydrogen) atoms. The van der Waals surface area contributed by atoms with E-state index < -0.39 is 18.1 Å². The first kappa shape index (κ1) is 15.9. The van der Waals surface area contributed by atoms with Crippen molar-refractivity contribution in [2.45, 2.75) is 57.7 Å². The minimum Gasteiger partial charge on any atom is -0.466 e. The number of hydrogen-bond acceptors (Lipinski definition) is 2. The number of aryl methyl sites for hydroxylation is 2. The van der Waals surface area contributed by atoms with Gasteiger partial charge in [-0.2, -0.15) is 13.2 Å². The van der Waals surface area contributed by atoms with Gasteiger partial charge in [-0.1, -0.05) is 12.8 Å². The molecule has 1 heterocycles. The molecular weight excluding hydrogens is 283 g/mol. The Bertz CT molecular complexity index is 482. The standard InChI is InChI=1S/C15H20F3NO2/c1-10-6-7-11(21-10)8-9-14(20)19-13-5-3-2-4-12(13)15(16,17)18/h6-7,12-13H,2-5,8-9H2,1H3,(H,19,20)/t12-,13-/m1/s1. The minimum atomic E-state index is -4.24. The highest BCUT2D eigenvalue weighted by molar-refractivity contribution is 5.76. The van der Waals surface area contributed by atoms with Gasteiger partial charge >= 0.3 is 6.18 Å². The fourth-order valence-electron chi connectivity index (χ4n) is 2.83. The van der Waals surface area contributed by atoms with E-state index in [-0.39, 0.29) is 18.7 Å². The number of carbonyl (C=O) groups is 1. The molecule has 3 nitrogen and oxygen atoms in total. The van der Waals surface area contributed by atoms with Crippen LogP contribution in [0.15, 0.2) is 16.5 Å². The normalized spacial score (nSPS) is 23.0. The van der Waals surface area contributed by atoms with Crippen LogP contribution in [-0.4, -0.2) is 18.1 Å². The summed E-state index contributed by atoms with van der Waals surface area (Å²) in [5, 5.41) is 2.55. The zero-order valence-electron chi connectivity index (χ0n) is 12.0. The molecule has 0 aromatic carbocycles. The predicted octanol–water partition coefficient (Wildman–Crippen LogP) is 3.76. The van der Waals surface area contributed by atoms with Crippen molar-refractivity contribution in [2.24, 2.45) is 5.92 Å². The van der Waals surface area contributed by atoms with Crippen LogP contribution in [-0.2, 0) is 11.2 Å². The molecule has 2 atom stereocenters. The molecule has 1 fully saturated rings. The summed E-state index contributed by atoms with van der Waals surface area (Å²) in [6.45, 7) is 1.81. The maximum atomic E-state index is 12.9. The van der Waals surface area contributed by atoms with Crippen LogP contribution in [0.1, 0.15) is 43.6 Å². The Kier molecular flexibility index (Phi) is 4.96. The average molecular weight is 303 g/mol. The summed E-state index contributed by atoms with van der Waals surface area (Å²) in [7, 11) is 0. The lowest BCUT2D eigenvalue weighted by molar-refractivity contribution is -0.189. The molecule has 0 bridgehead atoms. The highest BCUT2D eigenvalue weighted by Gasteiger charge is 2.45. The van der Waals surface area contributed by atoms with Gasteiger partial charge in [-0.3, -0.25) is 4.79 Å². The van der Waals surface area contributed by atoms with Crippen molar-refractivity contribution in [3.63, 3.8) is 0 Å². The van der Waals surface area contributed by atoms with Gasteiger partial charge in [0.05, 0.1) is 5.92 Å². The number of furan rings is 1. The van der Waals surface area contributed by atoms with Gasteiger partial charge in [-0.15, -0.1) is 0 Å². The lowest BCUT2D eigenvalue weighted by atomic mass is 9.84. The number of carbonyl (C=O) groups excluding carboxylic acids is 1. The predicted molar refractivity (Wildman–Crippen MR) is 71.7 cm³/mol. The molecule has 0 saturated heterocycles. The molecule has 1 amide bonds. The van der Waals surface area contributed by atoms with Gasteiger partial charge in [0.2, 0.25) is 5.91 Å². The fourth-order valence-corrected chi connectivity index (χ4v) is 2.83. The molecule has 0 unspecified atom stereocenters. The molecule has 1 aromatic heterocycles. The SMILES string of the molecule is Cc1ccc(CCC(=O)N[C@@H]2CCCC[C@H]2C(F)(F)F)o1. The third-order valence-corrected chi connectivity index (χ3v) is 3.93. The Morgan fingerprint density at radius 2 is 2.05 bits per heavy atom. The summed E-state index contributed by atoms with van der Waals surface area (Å²) >= 11 is 0. The summed E-state index contributed by atoms with van der Waals surface area (Å²) in [5.74, 6) is -0.320. The molecule has 6 heteroatoms. The monoisotopic (exact) mass is 303 g/mol. The van der Waals surface area contributed by atoms with Crippen LogP contribution in [0.4, 0.5) is 13.2 Å². The highest BCUT2D eigenvalue weighted by atomic mass is 19.4. The van der Waals surface area contributed by atoms with Gasteiger partial charge in [0.15, 0.2) is 0 Å². The zero-order valence-corrected chi connectivity index (χ0v) is 12.0. The van der Waals surface area contributed by atoms with Crippen LogP contribution in [0, 0.1) is 12.8 Å². The van der Waals surface area contributed by atoms with Crippen molar-refractivity contribution >= 4 is 5.91 Å². The van der Waals surface area contributed by atoms with Crippen molar-refractivity contribution < 1.29 is 22.4 Å². The second kappa shape index (κ2) is 6.54. The van der Waals surface area contributed by atoms with Crippen LogP contribution in [0.25, 0.3) is 0 Å². The van der Waals surface area contributed by atoms with E-state index >= 15 is 0 Å². The molecule has 0 radical (unpaired) electrons. The van der Waals surface area contributed by atoms with Crippen molar-refractivity contribution in [2.75, 3.05) is 0 Å². The minimum absolute atomic E-state index is 0.103. The largest absolute Gasteiger partial charge is 0.466 e. The Morgan fingerprint density at radius 3 is 2.67 bits per heavy atom. The second-order valence-corrected chi connectivity index (χ2v) is 5.62. The van der Waals surface area contributed by atoms with Crippen molar-refractivity contribution in [3.8, 4) is 0 Å². The summed E-state index contributed by atoms with van der Waals surface area (Å²) in [5.41, 5.74) is 0. The van der Waals surface area contributed by atoms with E-state index in [1.807, 2.05) is 0 Å². The molecule has 2 rings (SSSR count). The van der Waals surface area contributed by atoms with E-state index in [9.17, 15) is 18.0 Å². The Balaban J connectivity index is 1.85. The van der Waals surface area contributed by atoms with E-state index in [2.05, 4.69) is 5.32 Å². The van der Waals surface area contributed by atoms with Gasteiger partial charge in [-0.25, -0.2) is 0 Å². The van der Waals surface area contributed by atoms with Crippen LogP contribution in [0.2, 0.25) is 0 Å². The smallest absolute Gasteiger partial charge is 0.393 e. The van der Waals surface area contributed by atoms with E-state index in [1.165, 1.54) is 0 Å². The maximum Gasteiger partial charge on any atom is 0.393 e. The van der Waals surface area contributed by atoms with Crippen LogP contribution < -0.4 is 5.32 Å². The van der Waals surface area contributed by atoms with Crippen LogP contribution in [0.5, 0.6) is 0 Å². The number of nitrogens with one attached hydrogen (secondary N) is 1. The molecule has 1 aliphatic rings. The maximum absolute atomic E-state index is 12.9. The first-order valence-electron chi connectivity index (χ1n) is 7.27. The fraction of sp³-hybridized carbons (Fsp3) is 0.667. The van der Waals surface area contributed by atoms with Gasteiger partial charge in [0.25, 0.3) is 0 Å². The summed E-state index contributed by atoms with van der Waals surface area (Å²) in [4.78, 5) is 11.8.